The third-order valence-electron chi connectivity index (χ3n) is 2.20. The third kappa shape index (κ3) is 5.11. The molecule has 17 heavy (non-hydrogen) atoms. The molecule has 0 saturated heterocycles. The molecule has 0 atom stereocenters. The molecule has 0 aliphatic carbocycles. The minimum absolute atomic E-state index is 0.560. The molecule has 0 bridgehead atoms. The average molecular weight is 253 g/mol. The van der Waals surface area contributed by atoms with Gasteiger partial charge in [-0.2, -0.15) is 5.26 Å². The SMILES string of the molecule is CNc1nnc(CN(CCC#N)CC(C)C)s1. The molecule has 1 heterocycles. The number of nitrogens with zero attached hydrogens (tertiary/aromatic N) is 4. The van der Waals surface area contributed by atoms with Gasteiger partial charge in [-0.15, -0.1) is 10.2 Å². The molecule has 0 radical (unpaired) electrons. The van der Waals surface area contributed by atoms with Gasteiger partial charge in [0.1, 0.15) is 5.01 Å². The molecular weight excluding hydrogens is 234 g/mol. The standard InChI is InChI=1S/C11H19N5S/c1-9(2)7-16(6-4-5-12)8-10-14-15-11(13-3)17-10/h9H,4,6-8H2,1-3H3,(H,13,15). The smallest absolute Gasteiger partial charge is 0.205 e. The molecule has 1 N–H and O–H groups in total. The van der Waals surface area contributed by atoms with Crippen molar-refractivity contribution in [1.82, 2.24) is 15.1 Å². The minimum Gasteiger partial charge on any atom is -0.363 e. The van der Waals surface area contributed by atoms with E-state index in [1.807, 2.05) is 7.05 Å². The van der Waals surface area contributed by atoms with E-state index in [2.05, 4.69) is 40.3 Å². The molecule has 0 aromatic carbocycles. The Labute approximate surface area is 106 Å². The number of nitrogens with one attached hydrogen (secondary N) is 1. The van der Waals surface area contributed by atoms with Crippen molar-refractivity contribution in [3.8, 4) is 6.07 Å². The Kier molecular flexibility index (Phi) is 5.87. The highest BCUT2D eigenvalue weighted by Gasteiger charge is 2.11. The van der Waals surface area contributed by atoms with Crippen LogP contribution in [0, 0.1) is 17.2 Å². The minimum atomic E-state index is 0.560. The number of hydrogen-bond donors (Lipinski definition) is 1. The molecule has 0 aliphatic heterocycles. The summed E-state index contributed by atoms with van der Waals surface area (Å²) in [6.45, 7) is 6.91. The van der Waals surface area contributed by atoms with E-state index in [0.717, 1.165) is 29.8 Å². The lowest BCUT2D eigenvalue weighted by Crippen LogP contribution is -2.28. The fourth-order valence-corrected chi connectivity index (χ4v) is 2.30. The van der Waals surface area contributed by atoms with Crippen LogP contribution in [-0.2, 0) is 6.54 Å². The van der Waals surface area contributed by atoms with Crippen LogP contribution < -0.4 is 5.32 Å². The summed E-state index contributed by atoms with van der Waals surface area (Å²) in [5, 5.41) is 21.6. The summed E-state index contributed by atoms with van der Waals surface area (Å²) >= 11 is 1.56. The van der Waals surface area contributed by atoms with Crippen molar-refractivity contribution < 1.29 is 0 Å². The van der Waals surface area contributed by atoms with E-state index in [4.69, 9.17) is 5.26 Å². The lowest BCUT2D eigenvalue weighted by molar-refractivity contribution is 0.240. The molecule has 0 unspecified atom stereocenters. The van der Waals surface area contributed by atoms with Crippen LogP contribution in [0.3, 0.4) is 0 Å². The summed E-state index contributed by atoms with van der Waals surface area (Å²) in [6, 6.07) is 2.19. The number of anilines is 1. The van der Waals surface area contributed by atoms with Gasteiger partial charge in [0.2, 0.25) is 5.13 Å². The maximum absolute atomic E-state index is 8.65. The highest BCUT2D eigenvalue weighted by atomic mass is 32.1. The quantitative estimate of drug-likeness (QED) is 0.804. The van der Waals surface area contributed by atoms with Gasteiger partial charge in [-0.05, 0) is 5.92 Å². The maximum Gasteiger partial charge on any atom is 0.205 e. The monoisotopic (exact) mass is 253 g/mol. The van der Waals surface area contributed by atoms with Gasteiger partial charge in [-0.3, -0.25) is 4.90 Å². The van der Waals surface area contributed by atoms with Crippen molar-refractivity contribution in [3.63, 3.8) is 0 Å². The largest absolute Gasteiger partial charge is 0.363 e. The maximum atomic E-state index is 8.65. The molecular formula is C11H19N5S. The highest BCUT2D eigenvalue weighted by molar-refractivity contribution is 7.15. The van der Waals surface area contributed by atoms with E-state index in [0.29, 0.717) is 12.3 Å². The van der Waals surface area contributed by atoms with Crippen LogP contribution in [0.2, 0.25) is 0 Å². The van der Waals surface area contributed by atoms with Crippen molar-refractivity contribution in [2.45, 2.75) is 26.8 Å². The van der Waals surface area contributed by atoms with Gasteiger partial charge in [0.25, 0.3) is 0 Å². The number of rotatable bonds is 7. The first-order valence-corrected chi connectivity index (χ1v) is 6.56. The summed E-state index contributed by atoms with van der Waals surface area (Å²) in [6.07, 6.45) is 0.560. The van der Waals surface area contributed by atoms with E-state index in [1.54, 1.807) is 11.3 Å². The van der Waals surface area contributed by atoms with E-state index in [-0.39, 0.29) is 0 Å². The molecule has 1 rings (SSSR count). The summed E-state index contributed by atoms with van der Waals surface area (Å²) in [5.41, 5.74) is 0. The fraction of sp³-hybridized carbons (Fsp3) is 0.727. The molecule has 0 fully saturated rings. The lowest BCUT2D eigenvalue weighted by Gasteiger charge is -2.21. The van der Waals surface area contributed by atoms with Gasteiger partial charge < -0.3 is 5.32 Å². The predicted octanol–water partition coefficient (Wildman–Crippen LogP) is 1.95. The van der Waals surface area contributed by atoms with Gasteiger partial charge in [0, 0.05) is 26.6 Å². The topological polar surface area (TPSA) is 64.8 Å². The normalized spacial score (nSPS) is 10.8. The second-order valence-electron chi connectivity index (χ2n) is 4.29. The summed E-state index contributed by atoms with van der Waals surface area (Å²) < 4.78 is 0. The van der Waals surface area contributed by atoms with E-state index in [9.17, 15) is 0 Å². The predicted molar refractivity (Wildman–Crippen MR) is 69.8 cm³/mol. The molecule has 0 aliphatic rings. The number of nitriles is 1. The first-order chi connectivity index (χ1) is 8.15. The molecule has 6 heteroatoms. The Bertz CT molecular complexity index is 368. The molecule has 94 valence electrons. The third-order valence-corrected chi connectivity index (χ3v) is 3.13. The lowest BCUT2D eigenvalue weighted by atomic mass is 10.2. The Balaban J connectivity index is 2.55. The van der Waals surface area contributed by atoms with Crippen LogP contribution >= 0.6 is 11.3 Å². The van der Waals surface area contributed by atoms with Crippen molar-refractivity contribution >= 4 is 16.5 Å². The van der Waals surface area contributed by atoms with Crippen LogP contribution in [0.5, 0.6) is 0 Å². The van der Waals surface area contributed by atoms with Gasteiger partial charge in [0.15, 0.2) is 0 Å². The van der Waals surface area contributed by atoms with E-state index >= 15 is 0 Å². The van der Waals surface area contributed by atoms with Crippen LogP contribution in [0.1, 0.15) is 25.3 Å². The van der Waals surface area contributed by atoms with Crippen LogP contribution in [0.15, 0.2) is 0 Å². The fourth-order valence-electron chi connectivity index (χ4n) is 1.57. The summed E-state index contributed by atoms with van der Waals surface area (Å²) in [7, 11) is 1.84. The molecule has 1 aromatic heterocycles. The Morgan fingerprint density at radius 1 is 1.47 bits per heavy atom. The zero-order chi connectivity index (χ0) is 12.7. The molecule has 0 spiro atoms. The molecule has 0 saturated carbocycles. The van der Waals surface area contributed by atoms with Crippen molar-refractivity contribution in [1.29, 1.82) is 5.26 Å². The van der Waals surface area contributed by atoms with Crippen LogP contribution in [0.4, 0.5) is 5.13 Å². The van der Waals surface area contributed by atoms with Crippen molar-refractivity contribution in [2.75, 3.05) is 25.5 Å². The second-order valence-corrected chi connectivity index (χ2v) is 5.35. The second kappa shape index (κ2) is 7.20. The Hall–Kier alpha value is -1.19. The van der Waals surface area contributed by atoms with E-state index < -0.39 is 0 Å². The van der Waals surface area contributed by atoms with Gasteiger partial charge in [-0.1, -0.05) is 25.2 Å². The first-order valence-electron chi connectivity index (χ1n) is 5.75. The van der Waals surface area contributed by atoms with E-state index in [1.165, 1.54) is 0 Å². The Morgan fingerprint density at radius 2 is 2.24 bits per heavy atom. The molecule has 1 aromatic rings. The average Bonchev–Trinajstić information content (AvgIpc) is 2.73. The zero-order valence-corrected chi connectivity index (χ0v) is 11.4. The highest BCUT2D eigenvalue weighted by Crippen LogP contribution is 2.16. The van der Waals surface area contributed by atoms with Gasteiger partial charge >= 0.3 is 0 Å². The summed E-state index contributed by atoms with van der Waals surface area (Å²) in [5.74, 6) is 0.588. The van der Waals surface area contributed by atoms with Gasteiger partial charge in [0.05, 0.1) is 12.6 Å². The number of hydrogen-bond acceptors (Lipinski definition) is 6. The molecule has 5 nitrogen and oxygen atoms in total. The van der Waals surface area contributed by atoms with Crippen molar-refractivity contribution in [3.05, 3.63) is 5.01 Å². The zero-order valence-electron chi connectivity index (χ0n) is 10.6. The molecule has 0 amide bonds. The Morgan fingerprint density at radius 3 is 2.76 bits per heavy atom. The summed E-state index contributed by atoms with van der Waals surface area (Å²) in [4.78, 5) is 2.26. The van der Waals surface area contributed by atoms with Crippen LogP contribution in [0.25, 0.3) is 0 Å². The van der Waals surface area contributed by atoms with Crippen LogP contribution in [-0.4, -0.2) is 35.2 Å². The number of aromatic nitrogens is 2. The van der Waals surface area contributed by atoms with Crippen molar-refractivity contribution in [2.24, 2.45) is 5.92 Å². The van der Waals surface area contributed by atoms with Gasteiger partial charge in [-0.25, -0.2) is 0 Å². The first kappa shape index (κ1) is 13.9.